The molecule has 0 fully saturated rings. The summed E-state index contributed by atoms with van der Waals surface area (Å²) in [5.41, 5.74) is 4.64. The van der Waals surface area contributed by atoms with E-state index in [9.17, 15) is 15.0 Å². The van der Waals surface area contributed by atoms with Gasteiger partial charge in [0.1, 0.15) is 11.5 Å². The number of phenols is 2. The van der Waals surface area contributed by atoms with Crippen molar-refractivity contribution in [1.82, 2.24) is 0 Å². The number of benzene rings is 1. The largest absolute Gasteiger partial charge is 0.507 e. The van der Waals surface area contributed by atoms with Crippen molar-refractivity contribution in [3.63, 3.8) is 0 Å². The first kappa shape index (κ1) is 24.3. The molecule has 0 aliphatic heterocycles. The van der Waals surface area contributed by atoms with Crippen LogP contribution in [-0.4, -0.2) is 28.2 Å². The number of rotatable bonds is 10. The van der Waals surface area contributed by atoms with Crippen LogP contribution in [0.1, 0.15) is 74.9 Å². The maximum atomic E-state index is 11.2. The van der Waals surface area contributed by atoms with E-state index in [1.54, 1.807) is 6.92 Å². The van der Waals surface area contributed by atoms with Crippen LogP contribution >= 0.6 is 11.6 Å². The number of aromatic hydroxyl groups is 2. The third-order valence-electron chi connectivity index (χ3n) is 5.64. The van der Waals surface area contributed by atoms with E-state index < -0.39 is 0 Å². The van der Waals surface area contributed by atoms with Gasteiger partial charge in [0.2, 0.25) is 0 Å². The SMILES string of the molecule is C/C(=C\Cc1c(O)c(Cl)c(C)c(C=O)c1O)CC/C(C)=C(\C)C(C)CCCO. The number of aldehydes is 1. The lowest BCUT2D eigenvalue weighted by Gasteiger charge is -2.16. The molecule has 5 heteroatoms. The number of phenolic OH excluding ortho intramolecular Hbond substituents is 2. The minimum absolute atomic E-state index is 0.104. The number of hydrogen-bond acceptors (Lipinski definition) is 4. The minimum Gasteiger partial charge on any atom is -0.507 e. The van der Waals surface area contributed by atoms with Crippen LogP contribution in [0.3, 0.4) is 0 Å². The molecule has 3 N–H and O–H groups in total. The second-order valence-electron chi connectivity index (χ2n) is 7.63. The molecule has 0 aliphatic rings. The molecule has 156 valence electrons. The highest BCUT2D eigenvalue weighted by molar-refractivity contribution is 6.33. The maximum Gasteiger partial charge on any atom is 0.154 e. The molecule has 0 aromatic heterocycles. The van der Waals surface area contributed by atoms with Gasteiger partial charge in [-0.1, -0.05) is 41.3 Å². The molecule has 0 saturated carbocycles. The third kappa shape index (κ3) is 6.11. The Labute approximate surface area is 173 Å². The summed E-state index contributed by atoms with van der Waals surface area (Å²) in [6.45, 7) is 10.3. The van der Waals surface area contributed by atoms with Crippen LogP contribution in [0.5, 0.6) is 11.5 Å². The van der Waals surface area contributed by atoms with Crippen molar-refractivity contribution in [2.45, 2.75) is 66.7 Å². The lowest BCUT2D eigenvalue weighted by Crippen LogP contribution is -2.01. The van der Waals surface area contributed by atoms with Crippen LogP contribution in [0, 0.1) is 12.8 Å². The Balaban J connectivity index is 2.87. The summed E-state index contributed by atoms with van der Waals surface area (Å²) in [4.78, 5) is 11.2. The Morgan fingerprint density at radius 3 is 2.36 bits per heavy atom. The van der Waals surface area contributed by atoms with Crippen molar-refractivity contribution < 1.29 is 20.1 Å². The van der Waals surface area contributed by atoms with Gasteiger partial charge >= 0.3 is 0 Å². The second-order valence-corrected chi connectivity index (χ2v) is 8.01. The zero-order valence-electron chi connectivity index (χ0n) is 17.6. The molecule has 4 nitrogen and oxygen atoms in total. The number of carbonyl (C=O) groups is 1. The fourth-order valence-electron chi connectivity index (χ4n) is 3.21. The second kappa shape index (κ2) is 11.3. The monoisotopic (exact) mass is 408 g/mol. The molecule has 0 amide bonds. The quantitative estimate of drug-likeness (QED) is 0.333. The minimum atomic E-state index is -0.205. The van der Waals surface area contributed by atoms with E-state index in [1.807, 2.05) is 13.0 Å². The number of aliphatic hydroxyl groups excluding tert-OH is 1. The summed E-state index contributed by atoms with van der Waals surface area (Å²) in [5, 5.41) is 29.6. The van der Waals surface area contributed by atoms with Gasteiger partial charge in [-0.25, -0.2) is 0 Å². The summed E-state index contributed by atoms with van der Waals surface area (Å²) in [7, 11) is 0. The maximum absolute atomic E-state index is 11.2. The lowest BCUT2D eigenvalue weighted by molar-refractivity contribution is 0.112. The molecule has 0 spiro atoms. The fourth-order valence-corrected chi connectivity index (χ4v) is 3.43. The summed E-state index contributed by atoms with van der Waals surface area (Å²) >= 11 is 6.09. The Hall–Kier alpha value is -1.78. The molecular weight excluding hydrogens is 376 g/mol. The van der Waals surface area contributed by atoms with E-state index in [0.717, 1.165) is 31.3 Å². The van der Waals surface area contributed by atoms with Crippen LogP contribution in [0.25, 0.3) is 0 Å². The number of hydrogen-bond donors (Lipinski definition) is 3. The van der Waals surface area contributed by atoms with Gasteiger partial charge in [-0.3, -0.25) is 4.79 Å². The Bertz CT molecular complexity index is 763. The lowest BCUT2D eigenvalue weighted by atomic mass is 9.91. The highest BCUT2D eigenvalue weighted by atomic mass is 35.5. The van der Waals surface area contributed by atoms with Gasteiger partial charge in [-0.05, 0) is 71.3 Å². The molecule has 0 heterocycles. The van der Waals surface area contributed by atoms with Crippen LogP contribution in [0.2, 0.25) is 5.02 Å². The number of allylic oxidation sites excluding steroid dienone is 4. The van der Waals surface area contributed by atoms with Crippen molar-refractivity contribution in [3.8, 4) is 11.5 Å². The number of aliphatic hydroxyl groups is 1. The average Bonchev–Trinajstić information content (AvgIpc) is 2.68. The van der Waals surface area contributed by atoms with E-state index in [4.69, 9.17) is 16.7 Å². The Morgan fingerprint density at radius 1 is 1.14 bits per heavy atom. The number of carbonyl (C=O) groups excluding carboxylic acids is 1. The third-order valence-corrected chi connectivity index (χ3v) is 6.10. The molecule has 1 unspecified atom stereocenters. The van der Waals surface area contributed by atoms with Crippen molar-refractivity contribution in [1.29, 1.82) is 0 Å². The fraction of sp³-hybridized carbons (Fsp3) is 0.522. The molecule has 0 aliphatic carbocycles. The topological polar surface area (TPSA) is 77.8 Å². The van der Waals surface area contributed by atoms with Crippen LogP contribution < -0.4 is 0 Å². The first-order valence-electron chi connectivity index (χ1n) is 9.76. The predicted octanol–water partition coefficient (Wildman–Crippen LogP) is 5.89. The van der Waals surface area contributed by atoms with E-state index in [2.05, 4.69) is 20.8 Å². The first-order chi connectivity index (χ1) is 13.1. The molecule has 0 radical (unpaired) electrons. The average molecular weight is 409 g/mol. The highest BCUT2D eigenvalue weighted by Gasteiger charge is 2.19. The molecule has 1 aromatic rings. The van der Waals surface area contributed by atoms with E-state index in [0.29, 0.717) is 24.2 Å². The van der Waals surface area contributed by atoms with Crippen LogP contribution in [0.15, 0.2) is 22.8 Å². The van der Waals surface area contributed by atoms with Gasteiger partial charge in [-0.15, -0.1) is 0 Å². The summed E-state index contributed by atoms with van der Waals surface area (Å²) < 4.78 is 0. The van der Waals surface area contributed by atoms with Crippen LogP contribution in [-0.2, 0) is 6.42 Å². The van der Waals surface area contributed by atoms with Gasteiger partial charge in [0.15, 0.2) is 6.29 Å². The van der Waals surface area contributed by atoms with Gasteiger partial charge in [0.25, 0.3) is 0 Å². The van der Waals surface area contributed by atoms with Crippen molar-refractivity contribution in [2.75, 3.05) is 6.61 Å². The van der Waals surface area contributed by atoms with Crippen molar-refractivity contribution in [2.24, 2.45) is 5.92 Å². The van der Waals surface area contributed by atoms with E-state index in [-0.39, 0.29) is 34.3 Å². The van der Waals surface area contributed by atoms with Crippen molar-refractivity contribution >= 4 is 17.9 Å². The summed E-state index contributed by atoms with van der Waals surface area (Å²) in [6, 6.07) is 0. The molecular formula is C23H33ClO4. The standard InChI is InChI=1S/C23H33ClO4/c1-14(8-10-16(3)17(4)15(2)7-6-12-25)9-11-19-22(27)20(13-26)18(5)21(24)23(19)28/h9,13,15,25,27-28H,6-8,10-12H2,1-5H3/b14-9+,17-16+. The van der Waals surface area contributed by atoms with Gasteiger partial charge in [0.05, 0.1) is 10.6 Å². The first-order valence-corrected chi connectivity index (χ1v) is 10.1. The van der Waals surface area contributed by atoms with Crippen LogP contribution in [0.4, 0.5) is 0 Å². The van der Waals surface area contributed by atoms with Gasteiger partial charge in [-0.2, -0.15) is 0 Å². The zero-order valence-corrected chi connectivity index (χ0v) is 18.4. The summed E-state index contributed by atoms with van der Waals surface area (Å²) in [6.07, 6.45) is 6.43. The predicted molar refractivity (Wildman–Crippen MR) is 115 cm³/mol. The van der Waals surface area contributed by atoms with Crippen molar-refractivity contribution in [3.05, 3.63) is 44.5 Å². The molecule has 0 saturated heterocycles. The normalized spacial score (nSPS) is 14.0. The molecule has 0 bridgehead atoms. The molecule has 1 aromatic carbocycles. The zero-order chi connectivity index (χ0) is 21.4. The number of halogens is 1. The smallest absolute Gasteiger partial charge is 0.154 e. The van der Waals surface area contributed by atoms with E-state index in [1.165, 1.54) is 11.1 Å². The Kier molecular flexibility index (Phi) is 9.77. The van der Waals surface area contributed by atoms with Gasteiger partial charge < -0.3 is 15.3 Å². The highest BCUT2D eigenvalue weighted by Crippen LogP contribution is 2.40. The molecule has 1 rings (SSSR count). The summed E-state index contributed by atoms with van der Waals surface area (Å²) in [5.74, 6) is 0.0841. The Morgan fingerprint density at radius 2 is 1.79 bits per heavy atom. The van der Waals surface area contributed by atoms with E-state index >= 15 is 0 Å². The van der Waals surface area contributed by atoms with Gasteiger partial charge in [0, 0.05) is 12.2 Å². The molecule has 1 atom stereocenters. The molecule has 28 heavy (non-hydrogen) atoms.